The molecule has 3 fully saturated rings. The Kier molecular flexibility index (Phi) is 8.44. The van der Waals surface area contributed by atoms with Crippen LogP contribution in [0.2, 0.25) is 0 Å². The highest BCUT2D eigenvalue weighted by Crippen LogP contribution is 2.54. The first-order valence-corrected chi connectivity index (χ1v) is 19.5. The van der Waals surface area contributed by atoms with Crippen LogP contribution < -0.4 is 0 Å². The fraction of sp³-hybridized carbons (Fsp3) is 0.348. The number of Topliss-reactive ketones (excluding diaryl/α,β-unsaturated/α-hetero) is 1. The van der Waals surface area contributed by atoms with Gasteiger partial charge in [0.25, 0.3) is 0 Å². The van der Waals surface area contributed by atoms with Crippen molar-refractivity contribution in [2.45, 2.75) is 68.8 Å². The first-order chi connectivity index (χ1) is 26.6. The van der Waals surface area contributed by atoms with Crippen LogP contribution in [0.1, 0.15) is 107 Å². The van der Waals surface area contributed by atoms with E-state index in [4.69, 9.17) is 4.74 Å². The van der Waals surface area contributed by atoms with Crippen LogP contribution in [0, 0.1) is 5.92 Å². The molecule has 2 amide bonds. The number of benzene rings is 2. The van der Waals surface area contributed by atoms with E-state index in [2.05, 4.69) is 28.2 Å². The number of ketones is 1. The van der Waals surface area contributed by atoms with E-state index in [1.807, 2.05) is 90.4 Å². The third-order valence-electron chi connectivity index (χ3n) is 12.4. The summed E-state index contributed by atoms with van der Waals surface area (Å²) in [4.78, 5) is 67.3. The van der Waals surface area contributed by atoms with Gasteiger partial charge in [-0.15, -0.1) is 0 Å². The zero-order valence-electron chi connectivity index (χ0n) is 31.3. The fourth-order valence-electron chi connectivity index (χ4n) is 8.88. The van der Waals surface area contributed by atoms with E-state index in [9.17, 15) is 19.2 Å². The minimum absolute atomic E-state index is 0.0201. The average molecular weight is 733 g/mol. The van der Waals surface area contributed by atoms with Gasteiger partial charge in [-0.1, -0.05) is 80.6 Å². The van der Waals surface area contributed by atoms with Crippen molar-refractivity contribution in [1.29, 1.82) is 0 Å². The molecule has 9 nitrogen and oxygen atoms in total. The van der Waals surface area contributed by atoms with E-state index in [-0.39, 0.29) is 41.3 Å². The van der Waals surface area contributed by atoms with Gasteiger partial charge in [-0.25, -0.2) is 4.79 Å². The Morgan fingerprint density at radius 3 is 2.16 bits per heavy atom. The molecule has 3 aliphatic heterocycles. The van der Waals surface area contributed by atoms with Crippen molar-refractivity contribution in [3.05, 3.63) is 136 Å². The highest BCUT2D eigenvalue weighted by atomic mass is 16.6. The summed E-state index contributed by atoms with van der Waals surface area (Å²) in [5.74, 6) is -0.497. The monoisotopic (exact) mass is 732 g/mol. The Balaban J connectivity index is 0.904. The highest BCUT2D eigenvalue weighted by molar-refractivity contribution is 6.12. The number of nitrogens with zero attached hydrogens (tertiary/aromatic N) is 4. The zero-order chi connectivity index (χ0) is 38.0. The number of hydrogen-bond acceptors (Lipinski definition) is 7. The van der Waals surface area contributed by atoms with Gasteiger partial charge in [-0.05, 0) is 84.2 Å². The number of carbonyl (C=O) groups is 4. The summed E-state index contributed by atoms with van der Waals surface area (Å²) in [7, 11) is 0. The lowest BCUT2D eigenvalue weighted by Crippen LogP contribution is -2.40. The Bertz CT molecular complexity index is 2270. The molecule has 1 saturated heterocycles. The van der Waals surface area contributed by atoms with E-state index in [0.717, 1.165) is 47.2 Å². The standard InChI is InChI=1S/C46H44N4O5/c1-30(2)41(52)49-26-17-33(18-27-49)32-9-13-34(14-10-32)44(19-20-44)40(51)39-38-37(16-25-48-39)46(55-42(38)53)23-28-50(29-46)43(54)45(21-22-45)35-11-6-31(7-12-35)8-15-36-5-3-4-24-47-36/h3-17,24-25,30H,18-23,26-29H2,1-2H3/b15-8+. The molecule has 1 unspecified atom stereocenters. The largest absolute Gasteiger partial charge is 0.448 e. The van der Waals surface area contributed by atoms with Crippen LogP contribution in [0.5, 0.6) is 0 Å². The number of rotatable bonds is 9. The lowest BCUT2D eigenvalue weighted by Gasteiger charge is -2.28. The fourth-order valence-corrected chi connectivity index (χ4v) is 8.88. The number of amides is 2. The molecule has 55 heavy (non-hydrogen) atoms. The lowest BCUT2D eigenvalue weighted by atomic mass is 9.84. The number of carbonyl (C=O) groups excluding carboxylic acids is 4. The van der Waals surface area contributed by atoms with Crippen LogP contribution in [-0.2, 0) is 30.8 Å². The molecular formula is C46H44N4O5. The van der Waals surface area contributed by atoms with Gasteiger partial charge in [0.05, 0.1) is 28.6 Å². The molecule has 5 aliphatic rings. The molecule has 5 heterocycles. The second-order valence-corrected chi connectivity index (χ2v) is 16.1. The number of ether oxygens (including phenoxy) is 1. The number of hydrogen-bond donors (Lipinski definition) is 0. The molecule has 9 heteroatoms. The minimum atomic E-state index is -1.00. The second-order valence-electron chi connectivity index (χ2n) is 16.1. The summed E-state index contributed by atoms with van der Waals surface area (Å²) in [6.07, 6.45) is 13.6. The van der Waals surface area contributed by atoms with E-state index in [0.29, 0.717) is 44.5 Å². The average Bonchev–Trinajstić information content (AvgIpc) is 4.15. The molecule has 278 valence electrons. The SMILES string of the molecule is CC(C)C(=O)N1CC=C(c2ccc(C3(C(=O)c4nccc5c4C(=O)OC54CCN(C(=O)C5(c6ccc(/C=C/c7ccccn7)cc6)CC5)C4)CC3)cc2)CC1. The van der Waals surface area contributed by atoms with Gasteiger partial charge in [-0.2, -0.15) is 0 Å². The zero-order valence-corrected chi connectivity index (χ0v) is 31.3. The summed E-state index contributed by atoms with van der Waals surface area (Å²) in [6, 6.07) is 23.9. The van der Waals surface area contributed by atoms with E-state index >= 15 is 0 Å². The Morgan fingerprint density at radius 2 is 1.51 bits per heavy atom. The molecule has 2 aromatic heterocycles. The number of likely N-dealkylation sites (tertiary alicyclic amines) is 1. The Hall–Kier alpha value is -5.70. The van der Waals surface area contributed by atoms with Gasteiger partial charge in [0.15, 0.2) is 11.4 Å². The van der Waals surface area contributed by atoms with Crippen LogP contribution in [0.15, 0.2) is 91.3 Å². The summed E-state index contributed by atoms with van der Waals surface area (Å²) < 4.78 is 6.16. The van der Waals surface area contributed by atoms with Gasteiger partial charge in [0, 0.05) is 49.9 Å². The molecule has 4 aromatic rings. The summed E-state index contributed by atoms with van der Waals surface area (Å²) in [5, 5.41) is 0. The molecule has 0 bridgehead atoms. The predicted octanol–water partition coefficient (Wildman–Crippen LogP) is 7.16. The van der Waals surface area contributed by atoms with Crippen LogP contribution in [0.25, 0.3) is 17.7 Å². The molecule has 0 N–H and O–H groups in total. The maximum absolute atomic E-state index is 14.4. The van der Waals surface area contributed by atoms with Crippen LogP contribution in [-0.4, -0.2) is 69.5 Å². The number of esters is 1. The second kappa shape index (κ2) is 13.3. The van der Waals surface area contributed by atoms with E-state index in [1.165, 1.54) is 5.57 Å². The topological polar surface area (TPSA) is 110 Å². The molecular weight excluding hydrogens is 689 g/mol. The van der Waals surface area contributed by atoms with E-state index in [1.54, 1.807) is 18.5 Å². The Labute approximate surface area is 321 Å². The third kappa shape index (κ3) is 6.01. The maximum Gasteiger partial charge on any atom is 0.341 e. The summed E-state index contributed by atoms with van der Waals surface area (Å²) in [6.45, 7) is 5.87. The first kappa shape index (κ1) is 35.0. The van der Waals surface area contributed by atoms with Crippen molar-refractivity contribution in [3.63, 3.8) is 0 Å². The predicted molar refractivity (Wildman–Crippen MR) is 209 cm³/mol. The molecule has 1 spiro atoms. The van der Waals surface area contributed by atoms with Gasteiger partial charge in [0.2, 0.25) is 11.8 Å². The van der Waals surface area contributed by atoms with Crippen molar-refractivity contribution < 1.29 is 23.9 Å². The van der Waals surface area contributed by atoms with Gasteiger partial charge >= 0.3 is 5.97 Å². The summed E-state index contributed by atoms with van der Waals surface area (Å²) in [5.41, 5.74) is 4.85. The smallest absolute Gasteiger partial charge is 0.341 e. The third-order valence-corrected chi connectivity index (χ3v) is 12.4. The molecule has 2 aromatic carbocycles. The van der Waals surface area contributed by atoms with Crippen molar-refractivity contribution in [2.75, 3.05) is 26.2 Å². The Morgan fingerprint density at radius 1 is 0.782 bits per heavy atom. The number of fused-ring (bicyclic) bond motifs is 2. The van der Waals surface area contributed by atoms with Crippen LogP contribution >= 0.6 is 0 Å². The highest BCUT2D eigenvalue weighted by Gasteiger charge is 2.59. The quantitative estimate of drug-likeness (QED) is 0.133. The first-order valence-electron chi connectivity index (χ1n) is 19.5. The van der Waals surface area contributed by atoms with Gasteiger partial charge in [0.1, 0.15) is 5.69 Å². The van der Waals surface area contributed by atoms with E-state index < -0.39 is 22.4 Å². The molecule has 1 atom stereocenters. The van der Waals surface area contributed by atoms with Crippen molar-refractivity contribution in [3.8, 4) is 0 Å². The number of aromatic nitrogens is 2. The van der Waals surface area contributed by atoms with Crippen molar-refractivity contribution in [2.24, 2.45) is 5.92 Å². The van der Waals surface area contributed by atoms with Crippen LogP contribution in [0.4, 0.5) is 0 Å². The molecule has 9 rings (SSSR count). The van der Waals surface area contributed by atoms with Gasteiger partial charge in [-0.3, -0.25) is 24.4 Å². The van der Waals surface area contributed by atoms with Crippen molar-refractivity contribution >= 4 is 41.3 Å². The molecule has 2 saturated carbocycles. The molecule has 0 radical (unpaired) electrons. The minimum Gasteiger partial charge on any atom is -0.448 e. The van der Waals surface area contributed by atoms with Crippen molar-refractivity contribution in [1.82, 2.24) is 19.8 Å². The number of pyridine rings is 2. The lowest BCUT2D eigenvalue weighted by molar-refractivity contribution is -0.134. The maximum atomic E-state index is 14.4. The molecule has 2 aliphatic carbocycles. The normalized spacial score (nSPS) is 21.8. The van der Waals surface area contributed by atoms with Crippen LogP contribution in [0.3, 0.4) is 0 Å². The van der Waals surface area contributed by atoms with Gasteiger partial charge < -0.3 is 14.5 Å². The summed E-state index contributed by atoms with van der Waals surface area (Å²) >= 11 is 0.